The maximum Gasteiger partial charge on any atom is 0.317 e. The molecule has 0 rings (SSSR count). The SMILES string of the molecule is CCCCN(CCCC)C(=O)NC(C)C(C)C(=O)O. The van der Waals surface area contributed by atoms with Gasteiger partial charge in [0.25, 0.3) is 0 Å². The van der Waals surface area contributed by atoms with E-state index in [0.717, 1.165) is 38.8 Å². The second kappa shape index (κ2) is 9.64. The molecule has 0 radical (unpaired) electrons. The van der Waals surface area contributed by atoms with Crippen LogP contribution in [0.1, 0.15) is 53.4 Å². The molecular weight excluding hydrogens is 244 g/mol. The van der Waals surface area contributed by atoms with E-state index in [2.05, 4.69) is 19.2 Å². The smallest absolute Gasteiger partial charge is 0.317 e. The fraction of sp³-hybridized carbons (Fsp3) is 0.857. The third kappa shape index (κ3) is 7.03. The van der Waals surface area contributed by atoms with Crippen LogP contribution in [0.15, 0.2) is 0 Å². The van der Waals surface area contributed by atoms with Gasteiger partial charge in [0.05, 0.1) is 5.92 Å². The molecule has 0 saturated heterocycles. The average molecular weight is 272 g/mol. The number of carbonyl (C=O) groups excluding carboxylic acids is 1. The summed E-state index contributed by atoms with van der Waals surface area (Å²) in [5.41, 5.74) is 0. The lowest BCUT2D eigenvalue weighted by Crippen LogP contribution is -2.47. The number of carbonyl (C=O) groups is 2. The van der Waals surface area contributed by atoms with E-state index in [1.54, 1.807) is 18.7 Å². The third-order valence-corrected chi connectivity index (χ3v) is 3.34. The van der Waals surface area contributed by atoms with Gasteiger partial charge in [-0.05, 0) is 26.7 Å². The Hall–Kier alpha value is -1.26. The van der Waals surface area contributed by atoms with Crippen LogP contribution >= 0.6 is 0 Å². The first-order valence-corrected chi connectivity index (χ1v) is 7.22. The number of urea groups is 1. The number of amides is 2. The molecule has 0 aliphatic rings. The fourth-order valence-electron chi connectivity index (χ4n) is 1.64. The van der Waals surface area contributed by atoms with Gasteiger partial charge in [-0.15, -0.1) is 0 Å². The average Bonchev–Trinajstić information content (AvgIpc) is 2.37. The molecule has 0 aromatic carbocycles. The van der Waals surface area contributed by atoms with Crippen LogP contribution in [0.5, 0.6) is 0 Å². The van der Waals surface area contributed by atoms with E-state index in [-0.39, 0.29) is 12.1 Å². The molecule has 0 aliphatic carbocycles. The van der Waals surface area contributed by atoms with Crippen LogP contribution in [-0.4, -0.2) is 41.1 Å². The maximum absolute atomic E-state index is 12.1. The van der Waals surface area contributed by atoms with Gasteiger partial charge in [0.1, 0.15) is 0 Å². The van der Waals surface area contributed by atoms with Crippen LogP contribution in [0.3, 0.4) is 0 Å². The summed E-state index contributed by atoms with van der Waals surface area (Å²) < 4.78 is 0. The number of rotatable bonds is 9. The molecule has 5 heteroatoms. The number of unbranched alkanes of at least 4 members (excludes halogenated alkanes) is 2. The molecule has 5 nitrogen and oxygen atoms in total. The van der Waals surface area contributed by atoms with Crippen molar-refractivity contribution in [1.29, 1.82) is 0 Å². The summed E-state index contributed by atoms with van der Waals surface area (Å²) in [5.74, 6) is -1.47. The first-order valence-electron chi connectivity index (χ1n) is 7.22. The molecule has 0 fully saturated rings. The van der Waals surface area contributed by atoms with Crippen LogP contribution in [-0.2, 0) is 4.79 Å². The van der Waals surface area contributed by atoms with Crippen LogP contribution < -0.4 is 5.32 Å². The second-order valence-corrected chi connectivity index (χ2v) is 5.06. The van der Waals surface area contributed by atoms with Crippen molar-refractivity contribution in [2.75, 3.05) is 13.1 Å². The summed E-state index contributed by atoms with van der Waals surface area (Å²) >= 11 is 0. The Balaban J connectivity index is 4.39. The van der Waals surface area contributed by atoms with E-state index in [9.17, 15) is 9.59 Å². The molecule has 2 atom stereocenters. The minimum Gasteiger partial charge on any atom is -0.481 e. The van der Waals surface area contributed by atoms with Crippen LogP contribution in [0.25, 0.3) is 0 Å². The molecule has 112 valence electrons. The van der Waals surface area contributed by atoms with Crippen molar-refractivity contribution in [3.05, 3.63) is 0 Å². The van der Waals surface area contributed by atoms with Crippen molar-refractivity contribution in [2.45, 2.75) is 59.4 Å². The Morgan fingerprint density at radius 3 is 1.95 bits per heavy atom. The van der Waals surface area contributed by atoms with Gasteiger partial charge in [-0.3, -0.25) is 4.79 Å². The lowest BCUT2D eigenvalue weighted by molar-refractivity contribution is -0.141. The van der Waals surface area contributed by atoms with Gasteiger partial charge in [-0.1, -0.05) is 26.7 Å². The quantitative estimate of drug-likeness (QED) is 0.678. The molecule has 0 aromatic rings. The minimum absolute atomic E-state index is 0.150. The number of carboxylic acids is 1. The zero-order valence-electron chi connectivity index (χ0n) is 12.6. The van der Waals surface area contributed by atoms with Crippen molar-refractivity contribution in [3.8, 4) is 0 Å². The summed E-state index contributed by atoms with van der Waals surface area (Å²) in [6, 6.07) is -0.516. The minimum atomic E-state index is -0.888. The fourth-order valence-corrected chi connectivity index (χ4v) is 1.64. The second-order valence-electron chi connectivity index (χ2n) is 5.06. The molecule has 0 heterocycles. The van der Waals surface area contributed by atoms with Crippen molar-refractivity contribution >= 4 is 12.0 Å². The van der Waals surface area contributed by atoms with Crippen LogP contribution in [0.2, 0.25) is 0 Å². The number of nitrogens with one attached hydrogen (secondary N) is 1. The zero-order valence-corrected chi connectivity index (χ0v) is 12.6. The number of aliphatic carboxylic acids is 1. The monoisotopic (exact) mass is 272 g/mol. The molecule has 0 aliphatic heterocycles. The first-order chi connectivity index (χ1) is 8.93. The van der Waals surface area contributed by atoms with E-state index >= 15 is 0 Å². The van der Waals surface area contributed by atoms with Crippen LogP contribution in [0.4, 0.5) is 4.79 Å². The molecule has 0 saturated carbocycles. The predicted octanol–water partition coefficient (Wildman–Crippen LogP) is 2.71. The Morgan fingerprint density at radius 1 is 1.11 bits per heavy atom. The van der Waals surface area contributed by atoms with Gasteiger partial charge in [0.15, 0.2) is 0 Å². The third-order valence-electron chi connectivity index (χ3n) is 3.34. The largest absolute Gasteiger partial charge is 0.481 e. The highest BCUT2D eigenvalue weighted by Gasteiger charge is 2.23. The molecule has 19 heavy (non-hydrogen) atoms. The summed E-state index contributed by atoms with van der Waals surface area (Å²) in [6.45, 7) is 8.98. The normalized spacial score (nSPS) is 13.7. The highest BCUT2D eigenvalue weighted by atomic mass is 16.4. The van der Waals surface area contributed by atoms with Crippen molar-refractivity contribution in [1.82, 2.24) is 10.2 Å². The van der Waals surface area contributed by atoms with Gasteiger partial charge < -0.3 is 15.3 Å². The molecule has 0 spiro atoms. The number of hydrogen-bond acceptors (Lipinski definition) is 2. The molecule has 2 N–H and O–H groups in total. The van der Waals surface area contributed by atoms with Gasteiger partial charge >= 0.3 is 12.0 Å². The molecule has 0 bridgehead atoms. The van der Waals surface area contributed by atoms with E-state index in [4.69, 9.17) is 5.11 Å². The van der Waals surface area contributed by atoms with E-state index in [1.807, 2.05) is 0 Å². The summed E-state index contributed by atoms with van der Waals surface area (Å²) in [7, 11) is 0. The van der Waals surface area contributed by atoms with E-state index in [1.165, 1.54) is 0 Å². The predicted molar refractivity (Wildman–Crippen MR) is 76.2 cm³/mol. The Kier molecular flexibility index (Phi) is 9.00. The van der Waals surface area contributed by atoms with E-state index in [0.29, 0.717) is 0 Å². The van der Waals surface area contributed by atoms with Gasteiger partial charge in [0, 0.05) is 19.1 Å². The molecule has 0 aromatic heterocycles. The topological polar surface area (TPSA) is 69.6 Å². The lowest BCUT2D eigenvalue weighted by Gasteiger charge is -2.26. The lowest BCUT2D eigenvalue weighted by atomic mass is 10.0. The van der Waals surface area contributed by atoms with Gasteiger partial charge in [0.2, 0.25) is 0 Å². The molecular formula is C14H28N2O3. The molecule has 2 unspecified atom stereocenters. The summed E-state index contributed by atoms with van der Waals surface area (Å²) in [6.07, 6.45) is 4.02. The number of hydrogen-bond donors (Lipinski definition) is 2. The number of carboxylic acid groups (broad SMARTS) is 1. The molecule has 2 amide bonds. The highest BCUT2D eigenvalue weighted by molar-refractivity contribution is 5.76. The van der Waals surface area contributed by atoms with Gasteiger partial charge in [-0.2, -0.15) is 0 Å². The Morgan fingerprint density at radius 2 is 1.58 bits per heavy atom. The van der Waals surface area contributed by atoms with Gasteiger partial charge in [-0.25, -0.2) is 4.79 Å². The van der Waals surface area contributed by atoms with Crippen molar-refractivity contribution in [2.24, 2.45) is 5.92 Å². The Labute approximate surface area is 116 Å². The highest BCUT2D eigenvalue weighted by Crippen LogP contribution is 2.05. The standard InChI is InChI=1S/C14H28N2O3/c1-5-7-9-16(10-8-6-2)14(19)15-12(4)11(3)13(17)18/h11-12H,5-10H2,1-4H3,(H,15,19)(H,17,18). The van der Waals surface area contributed by atoms with Crippen LogP contribution in [0, 0.1) is 5.92 Å². The first kappa shape index (κ1) is 17.7. The summed E-state index contributed by atoms with van der Waals surface area (Å²) in [5, 5.41) is 11.7. The number of nitrogens with zero attached hydrogens (tertiary/aromatic N) is 1. The Bertz CT molecular complexity index is 274. The summed E-state index contributed by atoms with van der Waals surface area (Å²) in [4.78, 5) is 24.8. The zero-order chi connectivity index (χ0) is 14.8. The van der Waals surface area contributed by atoms with Crippen molar-refractivity contribution < 1.29 is 14.7 Å². The maximum atomic E-state index is 12.1. The van der Waals surface area contributed by atoms with E-state index < -0.39 is 11.9 Å². The van der Waals surface area contributed by atoms with Crippen molar-refractivity contribution in [3.63, 3.8) is 0 Å².